The van der Waals surface area contributed by atoms with Gasteiger partial charge in [-0.05, 0) is 43.4 Å². The van der Waals surface area contributed by atoms with Crippen LogP contribution in [0.5, 0.6) is 5.75 Å². The van der Waals surface area contributed by atoms with Crippen LogP contribution in [0.25, 0.3) is 16.7 Å². The number of alkyl halides is 3. The zero-order valence-electron chi connectivity index (χ0n) is 17.5. The third kappa shape index (κ3) is 6.28. The monoisotopic (exact) mass is 434 g/mol. The molecule has 31 heavy (non-hydrogen) atoms. The SMILES string of the molecule is CN1CCN(CC(F)(F)F)CC1.COc1ccc(-n2ccc3cc(C=O)cnc32)cc1. The Balaban J connectivity index is 0.000000196. The van der Waals surface area contributed by atoms with Gasteiger partial charge in [0.05, 0.1) is 13.7 Å². The molecule has 0 amide bonds. The van der Waals surface area contributed by atoms with E-state index in [0.717, 1.165) is 41.8 Å². The fourth-order valence-electron chi connectivity index (χ4n) is 3.32. The third-order valence-corrected chi connectivity index (χ3v) is 5.03. The first-order chi connectivity index (χ1) is 14.8. The molecular weight excluding hydrogens is 409 g/mol. The van der Waals surface area contributed by atoms with Crippen molar-refractivity contribution in [2.45, 2.75) is 6.18 Å². The maximum absolute atomic E-state index is 11.9. The van der Waals surface area contributed by atoms with Gasteiger partial charge in [0.15, 0.2) is 6.29 Å². The van der Waals surface area contributed by atoms with Gasteiger partial charge < -0.3 is 14.2 Å². The Morgan fingerprint density at radius 3 is 2.35 bits per heavy atom. The highest BCUT2D eigenvalue weighted by atomic mass is 19.4. The van der Waals surface area contributed by atoms with E-state index in [9.17, 15) is 18.0 Å². The van der Waals surface area contributed by atoms with Crippen molar-refractivity contribution in [3.8, 4) is 11.4 Å². The summed E-state index contributed by atoms with van der Waals surface area (Å²) in [5.41, 5.74) is 2.41. The Bertz CT molecular complexity index is 994. The number of hydrogen-bond acceptors (Lipinski definition) is 5. The van der Waals surface area contributed by atoms with Gasteiger partial charge in [-0.3, -0.25) is 9.69 Å². The molecule has 1 aliphatic heterocycles. The fourth-order valence-corrected chi connectivity index (χ4v) is 3.32. The number of aldehydes is 1. The second-order valence-electron chi connectivity index (χ2n) is 7.38. The van der Waals surface area contributed by atoms with Crippen molar-refractivity contribution in [3.63, 3.8) is 0 Å². The molecule has 6 nitrogen and oxygen atoms in total. The highest BCUT2D eigenvalue weighted by Crippen LogP contribution is 2.21. The van der Waals surface area contributed by atoms with E-state index in [1.165, 1.54) is 4.90 Å². The Hall–Kier alpha value is -2.91. The summed E-state index contributed by atoms with van der Waals surface area (Å²) >= 11 is 0. The van der Waals surface area contributed by atoms with Gasteiger partial charge in [-0.15, -0.1) is 0 Å². The van der Waals surface area contributed by atoms with Crippen LogP contribution in [0.1, 0.15) is 10.4 Å². The summed E-state index contributed by atoms with van der Waals surface area (Å²) in [5, 5.41) is 0.945. The van der Waals surface area contributed by atoms with Crippen LogP contribution in [0.2, 0.25) is 0 Å². The van der Waals surface area contributed by atoms with Crippen LogP contribution in [-0.4, -0.2) is 78.7 Å². The molecule has 4 rings (SSSR count). The summed E-state index contributed by atoms with van der Waals surface area (Å²) in [4.78, 5) is 18.5. The van der Waals surface area contributed by atoms with Gasteiger partial charge in [-0.2, -0.15) is 13.2 Å². The van der Waals surface area contributed by atoms with Crippen LogP contribution in [0.3, 0.4) is 0 Å². The second kappa shape index (κ2) is 9.93. The molecule has 0 N–H and O–H groups in total. The molecule has 1 aliphatic rings. The second-order valence-corrected chi connectivity index (χ2v) is 7.38. The summed E-state index contributed by atoms with van der Waals surface area (Å²) in [5.74, 6) is 0.816. The summed E-state index contributed by atoms with van der Waals surface area (Å²) in [7, 11) is 3.56. The highest BCUT2D eigenvalue weighted by Gasteiger charge is 2.31. The lowest BCUT2D eigenvalue weighted by Gasteiger charge is -2.32. The average Bonchev–Trinajstić information content (AvgIpc) is 3.18. The van der Waals surface area contributed by atoms with Gasteiger partial charge in [0, 0.05) is 55.2 Å². The molecule has 0 bridgehead atoms. The van der Waals surface area contributed by atoms with Crippen LogP contribution in [0, 0.1) is 0 Å². The van der Waals surface area contributed by atoms with Crippen LogP contribution >= 0.6 is 0 Å². The molecular formula is C22H25F3N4O2. The number of carbonyl (C=O) groups excluding carboxylic acids is 1. The zero-order chi connectivity index (χ0) is 22.4. The number of ether oxygens (including phenoxy) is 1. The van der Waals surface area contributed by atoms with E-state index in [4.69, 9.17) is 4.74 Å². The third-order valence-electron chi connectivity index (χ3n) is 5.03. The number of likely N-dealkylation sites (N-methyl/N-ethyl adjacent to an activating group) is 1. The number of halogens is 3. The predicted octanol–water partition coefficient (Wildman–Crippen LogP) is 3.64. The number of fused-ring (bicyclic) bond motifs is 1. The Morgan fingerprint density at radius 1 is 1.10 bits per heavy atom. The number of hydrogen-bond donors (Lipinski definition) is 0. The normalized spacial score (nSPS) is 15.4. The van der Waals surface area contributed by atoms with E-state index < -0.39 is 12.7 Å². The van der Waals surface area contributed by atoms with E-state index in [2.05, 4.69) is 4.98 Å². The zero-order valence-corrected chi connectivity index (χ0v) is 17.5. The first-order valence-electron chi connectivity index (χ1n) is 9.83. The van der Waals surface area contributed by atoms with Crippen LogP contribution in [0.4, 0.5) is 13.2 Å². The van der Waals surface area contributed by atoms with Crippen molar-refractivity contribution in [2.75, 3.05) is 46.9 Å². The van der Waals surface area contributed by atoms with Gasteiger partial charge in [-0.1, -0.05) is 0 Å². The maximum Gasteiger partial charge on any atom is 0.401 e. The molecule has 3 heterocycles. The van der Waals surface area contributed by atoms with E-state index >= 15 is 0 Å². The van der Waals surface area contributed by atoms with E-state index in [1.807, 2.05) is 59.1 Å². The number of benzene rings is 1. The Morgan fingerprint density at radius 2 is 1.77 bits per heavy atom. The van der Waals surface area contributed by atoms with Gasteiger partial charge in [0.25, 0.3) is 0 Å². The highest BCUT2D eigenvalue weighted by molar-refractivity contribution is 5.85. The molecule has 1 fully saturated rings. The van der Waals surface area contributed by atoms with Gasteiger partial charge in [0.2, 0.25) is 0 Å². The number of piperazine rings is 1. The van der Waals surface area contributed by atoms with E-state index in [1.54, 1.807) is 13.3 Å². The first kappa shape index (κ1) is 22.8. The van der Waals surface area contributed by atoms with Gasteiger partial charge in [-0.25, -0.2) is 4.98 Å². The quantitative estimate of drug-likeness (QED) is 0.587. The molecule has 2 aromatic heterocycles. The summed E-state index contributed by atoms with van der Waals surface area (Å²) in [6.07, 6.45) is 0.274. The molecule has 1 saturated heterocycles. The maximum atomic E-state index is 11.9. The van der Waals surface area contributed by atoms with Crippen molar-refractivity contribution < 1.29 is 22.7 Å². The molecule has 0 radical (unpaired) electrons. The minimum Gasteiger partial charge on any atom is -0.497 e. The molecule has 166 valence electrons. The topological polar surface area (TPSA) is 50.6 Å². The molecule has 0 saturated carbocycles. The minimum atomic E-state index is -4.05. The van der Waals surface area contributed by atoms with Crippen LogP contribution in [0.15, 0.2) is 48.8 Å². The smallest absolute Gasteiger partial charge is 0.401 e. The summed E-state index contributed by atoms with van der Waals surface area (Å²) < 4.78 is 42.8. The molecule has 0 aliphatic carbocycles. The fraction of sp³-hybridized carbons (Fsp3) is 0.364. The first-order valence-corrected chi connectivity index (χ1v) is 9.83. The summed E-state index contributed by atoms with van der Waals surface area (Å²) in [6, 6.07) is 11.5. The lowest BCUT2D eigenvalue weighted by Crippen LogP contribution is -2.47. The average molecular weight is 434 g/mol. The van der Waals surface area contributed by atoms with Gasteiger partial charge in [0.1, 0.15) is 11.4 Å². The van der Waals surface area contributed by atoms with Crippen LogP contribution < -0.4 is 4.74 Å². The number of carbonyl (C=O) groups is 1. The van der Waals surface area contributed by atoms with Gasteiger partial charge >= 0.3 is 6.18 Å². The predicted molar refractivity (Wildman–Crippen MR) is 113 cm³/mol. The molecule has 1 aromatic carbocycles. The van der Waals surface area contributed by atoms with Crippen molar-refractivity contribution in [3.05, 3.63) is 54.4 Å². The van der Waals surface area contributed by atoms with Crippen molar-refractivity contribution in [1.29, 1.82) is 0 Å². The van der Waals surface area contributed by atoms with E-state index in [0.29, 0.717) is 18.7 Å². The molecule has 3 aromatic rings. The summed E-state index contributed by atoms with van der Waals surface area (Å²) in [6.45, 7) is 1.75. The largest absolute Gasteiger partial charge is 0.497 e. The van der Waals surface area contributed by atoms with Crippen molar-refractivity contribution >= 4 is 17.3 Å². The van der Waals surface area contributed by atoms with E-state index in [-0.39, 0.29) is 0 Å². The molecule has 0 spiro atoms. The molecule has 0 unspecified atom stereocenters. The number of nitrogens with zero attached hydrogens (tertiary/aromatic N) is 4. The number of methoxy groups -OCH3 is 1. The van der Waals surface area contributed by atoms with Crippen molar-refractivity contribution in [1.82, 2.24) is 19.4 Å². The standard InChI is InChI=1S/C15H12N2O2.C7H13F3N2/c1-19-14-4-2-13(3-5-14)17-7-6-12-8-11(10-18)9-16-15(12)17;1-11-2-4-12(5-3-11)6-7(8,9)10/h2-10H,1H3;2-6H2,1H3. The lowest BCUT2D eigenvalue weighted by atomic mass is 10.2. The number of aromatic nitrogens is 2. The minimum absolute atomic E-state index is 0.524. The molecule has 9 heteroatoms. The Labute approximate surface area is 178 Å². The Kier molecular flexibility index (Phi) is 7.29. The number of rotatable bonds is 4. The van der Waals surface area contributed by atoms with Crippen molar-refractivity contribution in [2.24, 2.45) is 0 Å². The van der Waals surface area contributed by atoms with Crippen LogP contribution in [-0.2, 0) is 0 Å². The lowest BCUT2D eigenvalue weighted by molar-refractivity contribution is -0.148. The number of pyridine rings is 1. The molecule has 0 atom stereocenters.